The molecule has 41 heavy (non-hydrogen) atoms. The average molecular weight is 571 g/mol. The van der Waals surface area contributed by atoms with E-state index in [0.29, 0.717) is 10.8 Å². The van der Waals surface area contributed by atoms with Crippen LogP contribution in [0.1, 0.15) is 43.1 Å². The maximum absolute atomic E-state index is 12.4. The van der Waals surface area contributed by atoms with E-state index in [9.17, 15) is 48.0 Å². The van der Waals surface area contributed by atoms with E-state index < -0.39 is 45.3 Å². The molecule has 0 fully saturated rings. The Morgan fingerprint density at radius 2 is 1.29 bits per heavy atom. The summed E-state index contributed by atoms with van der Waals surface area (Å²) >= 11 is 0. The van der Waals surface area contributed by atoms with E-state index in [1.807, 2.05) is 0 Å². The summed E-state index contributed by atoms with van der Waals surface area (Å²) in [7, 11) is -2.74. The van der Waals surface area contributed by atoms with Crippen LogP contribution in [-0.2, 0) is 15.1 Å². The Kier molecular flexibility index (Phi) is 6.73. The Hall–Kier alpha value is -5.55. The van der Waals surface area contributed by atoms with Gasteiger partial charge in [0.05, 0.1) is 27.1 Å². The van der Waals surface area contributed by atoms with Crippen molar-refractivity contribution in [3.8, 4) is 11.1 Å². The zero-order valence-corrected chi connectivity index (χ0v) is 21.6. The highest BCUT2D eigenvalue weighted by Crippen LogP contribution is 2.42. The number of carboxylic acid groups (broad SMARTS) is 4. The third-order valence-electron chi connectivity index (χ3n) is 6.85. The molecule has 0 amide bonds. The number of rotatable bonds is 6. The van der Waals surface area contributed by atoms with Gasteiger partial charge in [-0.2, -0.15) is 8.42 Å². The number of carbonyl (C=O) groups is 4. The van der Waals surface area contributed by atoms with Crippen LogP contribution in [-0.4, -0.2) is 57.6 Å². The van der Waals surface area contributed by atoms with Gasteiger partial charge in [-0.3, -0.25) is 0 Å². The molecule has 0 spiro atoms. The maximum Gasteiger partial charge on any atom is 0.337 e. The summed E-state index contributed by atoms with van der Waals surface area (Å²) < 4.78 is 23.6. The van der Waals surface area contributed by atoms with Gasteiger partial charge in [-0.1, -0.05) is 42.5 Å². The van der Waals surface area contributed by atoms with Crippen molar-refractivity contribution in [1.29, 1.82) is 0 Å². The van der Waals surface area contributed by atoms with Crippen molar-refractivity contribution in [1.82, 2.24) is 0 Å². The van der Waals surface area contributed by atoms with Crippen molar-refractivity contribution >= 4 is 66.2 Å². The molecule has 5 rings (SSSR count). The summed E-state index contributed by atoms with van der Waals surface area (Å²) in [5.41, 5.74) is -1.93. The van der Waals surface area contributed by atoms with Crippen molar-refractivity contribution in [3.05, 3.63) is 101 Å². The highest BCUT2D eigenvalue weighted by Gasteiger charge is 2.29. The number of hydrogen-bond acceptors (Lipinski definition) is 6. The van der Waals surface area contributed by atoms with Gasteiger partial charge < -0.3 is 20.4 Å². The largest absolute Gasteiger partial charge is 0.478 e. The minimum absolute atomic E-state index is 0.0670. The van der Waals surface area contributed by atoms with Gasteiger partial charge in [0.1, 0.15) is 0 Å². The lowest BCUT2D eigenvalue weighted by Crippen LogP contribution is -2.15. The van der Waals surface area contributed by atoms with E-state index in [-0.39, 0.29) is 55.5 Å². The molecule has 11 heteroatoms. The molecule has 0 heterocycles. The van der Waals surface area contributed by atoms with E-state index >= 15 is 0 Å². The molecule has 1 aliphatic rings. The Labute approximate surface area is 232 Å². The third-order valence-corrected chi connectivity index (χ3v) is 7.56. The van der Waals surface area contributed by atoms with Gasteiger partial charge >= 0.3 is 23.9 Å². The zero-order chi connectivity index (χ0) is 29.6. The van der Waals surface area contributed by atoms with Crippen LogP contribution in [0, 0.1) is 0 Å². The molecule has 0 saturated carbocycles. The Balaban J connectivity index is 2.01. The number of benzene rings is 4. The van der Waals surface area contributed by atoms with Gasteiger partial charge in [0, 0.05) is 12.0 Å². The van der Waals surface area contributed by atoms with E-state index in [1.54, 1.807) is 30.3 Å². The lowest BCUT2D eigenvalue weighted by Gasteiger charge is -2.21. The minimum atomic E-state index is -2.74. The van der Waals surface area contributed by atoms with Crippen LogP contribution in [0.25, 0.3) is 38.2 Å². The van der Waals surface area contributed by atoms with Gasteiger partial charge in [-0.25, -0.2) is 19.2 Å². The van der Waals surface area contributed by atoms with Crippen LogP contribution in [0.3, 0.4) is 0 Å². The van der Waals surface area contributed by atoms with E-state index in [4.69, 9.17) is 0 Å². The second-order valence-corrected chi connectivity index (χ2v) is 10.1. The lowest BCUT2D eigenvalue weighted by molar-refractivity contribution is -0.132. The SMILES string of the molecule is O=C(O)C1=CCC(=S(=O)=O)C=C1c1c(C(=O)O)cccc1-c1cc(C(=O)O)c(C(=O)O)c2cc3ccccc3cc12. The summed E-state index contributed by atoms with van der Waals surface area (Å²) in [4.78, 5) is 49.1. The van der Waals surface area contributed by atoms with Crippen LogP contribution in [0.4, 0.5) is 0 Å². The van der Waals surface area contributed by atoms with Crippen molar-refractivity contribution < 1.29 is 48.0 Å². The molecule has 1 aliphatic carbocycles. The normalized spacial score (nSPS) is 13.0. The number of allylic oxidation sites excluding steroid dienone is 2. The molecule has 0 bridgehead atoms. The summed E-state index contributed by atoms with van der Waals surface area (Å²) in [5.74, 6) is -5.91. The second kappa shape index (κ2) is 10.2. The van der Waals surface area contributed by atoms with Gasteiger partial charge in [-0.15, -0.1) is 0 Å². The molecule has 4 aromatic carbocycles. The molecule has 0 saturated heterocycles. The van der Waals surface area contributed by atoms with Crippen LogP contribution < -0.4 is 0 Å². The first-order valence-corrected chi connectivity index (χ1v) is 13.0. The van der Waals surface area contributed by atoms with Gasteiger partial charge in [0.15, 0.2) is 0 Å². The molecule has 4 N–H and O–H groups in total. The number of hydrogen-bond donors (Lipinski definition) is 4. The van der Waals surface area contributed by atoms with E-state index in [2.05, 4.69) is 0 Å². The maximum atomic E-state index is 12.4. The summed E-state index contributed by atoms with van der Waals surface area (Å²) in [6.07, 6.45) is 2.02. The Morgan fingerprint density at radius 1 is 0.659 bits per heavy atom. The van der Waals surface area contributed by atoms with Crippen LogP contribution in [0.15, 0.2) is 78.4 Å². The number of fused-ring (bicyclic) bond motifs is 2. The summed E-state index contributed by atoms with van der Waals surface area (Å²) in [6.45, 7) is 0. The topological polar surface area (TPSA) is 183 Å². The van der Waals surface area contributed by atoms with Crippen LogP contribution in [0.5, 0.6) is 0 Å². The smallest absolute Gasteiger partial charge is 0.337 e. The van der Waals surface area contributed by atoms with Crippen LogP contribution >= 0.6 is 0 Å². The summed E-state index contributed by atoms with van der Waals surface area (Å²) in [5, 5.41) is 41.7. The molecule has 10 nitrogen and oxygen atoms in total. The number of carboxylic acids is 4. The zero-order valence-electron chi connectivity index (χ0n) is 20.8. The van der Waals surface area contributed by atoms with Crippen molar-refractivity contribution in [2.75, 3.05) is 0 Å². The molecule has 4 aromatic rings. The fourth-order valence-corrected chi connectivity index (χ4v) is 5.55. The highest BCUT2D eigenvalue weighted by molar-refractivity contribution is 7.73. The van der Waals surface area contributed by atoms with E-state index in [1.165, 1.54) is 24.3 Å². The summed E-state index contributed by atoms with van der Waals surface area (Å²) in [6, 6.07) is 15.3. The first-order chi connectivity index (χ1) is 19.5. The van der Waals surface area contributed by atoms with Crippen LogP contribution in [0.2, 0.25) is 0 Å². The molecule has 0 aliphatic heterocycles. The predicted molar refractivity (Wildman–Crippen MR) is 150 cm³/mol. The molecule has 0 unspecified atom stereocenters. The van der Waals surface area contributed by atoms with Gasteiger partial charge in [-0.05, 0) is 68.6 Å². The molecule has 0 aromatic heterocycles. The molecular formula is C30H18O10S. The number of aromatic carboxylic acids is 3. The standard InChI is InChI=1S/C30H18O10S/c31-27(32)18-9-8-16(41(39)40)12-23(18)25-17(6-3-7-19(25)28(33)34)21-13-24(29(35)36)26(30(37)38)22-11-15-5-2-1-4-14(15)10-20(21)22/h1-7,9-13H,8H2,(H,31,32)(H,33,34)(H,35,36)(H,37,38). The van der Waals surface area contributed by atoms with Crippen molar-refractivity contribution in [2.45, 2.75) is 6.42 Å². The fourth-order valence-electron chi connectivity index (χ4n) is 5.11. The molecule has 204 valence electrons. The minimum Gasteiger partial charge on any atom is -0.478 e. The molecule has 0 radical (unpaired) electrons. The molecule has 0 atom stereocenters. The first-order valence-electron chi connectivity index (χ1n) is 11.9. The van der Waals surface area contributed by atoms with Crippen molar-refractivity contribution in [3.63, 3.8) is 0 Å². The highest BCUT2D eigenvalue weighted by atomic mass is 32.2. The monoisotopic (exact) mass is 570 g/mol. The Bertz CT molecular complexity index is 2070. The fraction of sp³-hybridized carbons (Fsp3) is 0.0333. The second-order valence-electron chi connectivity index (χ2n) is 9.12. The van der Waals surface area contributed by atoms with E-state index in [0.717, 1.165) is 18.2 Å². The van der Waals surface area contributed by atoms with Gasteiger partial charge in [0.2, 0.25) is 10.3 Å². The quantitative estimate of drug-likeness (QED) is 0.189. The number of aliphatic carboxylic acids is 1. The molecular weight excluding hydrogens is 552 g/mol. The Morgan fingerprint density at radius 3 is 1.85 bits per heavy atom. The first kappa shape index (κ1) is 27.0. The average Bonchev–Trinajstić information content (AvgIpc) is 2.94. The third kappa shape index (κ3) is 4.64. The predicted octanol–water partition coefficient (Wildman–Crippen LogP) is 4.60. The van der Waals surface area contributed by atoms with Crippen molar-refractivity contribution in [2.24, 2.45) is 0 Å². The lowest BCUT2D eigenvalue weighted by atomic mass is 9.81. The van der Waals surface area contributed by atoms with Gasteiger partial charge in [0.25, 0.3) is 0 Å².